The summed E-state index contributed by atoms with van der Waals surface area (Å²) in [5.41, 5.74) is 5.66. The van der Waals surface area contributed by atoms with Crippen LogP contribution in [0.15, 0.2) is 18.3 Å². The Morgan fingerprint density at radius 3 is 2.75 bits per heavy atom. The molecule has 2 heterocycles. The lowest BCUT2D eigenvalue weighted by molar-refractivity contribution is -0.134. The van der Waals surface area contributed by atoms with Crippen molar-refractivity contribution >= 4 is 54.0 Å². The fraction of sp³-hybridized carbons (Fsp3) is 0.533. The third-order valence-electron chi connectivity index (χ3n) is 3.62. The highest BCUT2D eigenvalue weighted by molar-refractivity contribution is 6.30. The van der Waals surface area contributed by atoms with Gasteiger partial charge in [0.1, 0.15) is 5.82 Å². The van der Waals surface area contributed by atoms with Crippen LogP contribution < -0.4 is 11.1 Å². The molecule has 1 aromatic heterocycles. The Morgan fingerprint density at radius 1 is 1.46 bits per heavy atom. The van der Waals surface area contributed by atoms with Gasteiger partial charge in [-0.05, 0) is 31.9 Å². The van der Waals surface area contributed by atoms with Gasteiger partial charge in [0.15, 0.2) is 0 Å². The van der Waals surface area contributed by atoms with Gasteiger partial charge in [-0.25, -0.2) is 4.98 Å². The van der Waals surface area contributed by atoms with E-state index < -0.39 is 0 Å². The SMILES string of the molecule is CC(N)CC(=O)N1CCCC(C(=O)Nc2ccc(Cl)cn2)C1.Cl.Cl. The van der Waals surface area contributed by atoms with Crippen LogP contribution in [0, 0.1) is 5.92 Å². The van der Waals surface area contributed by atoms with Crippen LogP contribution in [-0.2, 0) is 9.59 Å². The van der Waals surface area contributed by atoms with E-state index in [-0.39, 0.29) is 48.6 Å². The molecule has 136 valence electrons. The maximum absolute atomic E-state index is 12.3. The van der Waals surface area contributed by atoms with Crippen LogP contribution in [-0.4, -0.2) is 40.8 Å². The number of piperidine rings is 1. The first-order chi connectivity index (χ1) is 10.5. The zero-order valence-electron chi connectivity index (χ0n) is 13.4. The van der Waals surface area contributed by atoms with Crippen molar-refractivity contribution in [1.82, 2.24) is 9.88 Å². The number of hydrogen-bond donors (Lipinski definition) is 2. The topological polar surface area (TPSA) is 88.3 Å². The van der Waals surface area contributed by atoms with Crippen LogP contribution in [0.5, 0.6) is 0 Å². The molecule has 9 heteroatoms. The van der Waals surface area contributed by atoms with E-state index in [2.05, 4.69) is 10.3 Å². The Balaban J connectivity index is 0.00000264. The van der Waals surface area contributed by atoms with Crippen molar-refractivity contribution in [3.05, 3.63) is 23.4 Å². The average molecular weight is 398 g/mol. The summed E-state index contributed by atoms with van der Waals surface area (Å²) in [5.74, 6) is 0.141. The number of nitrogens with two attached hydrogens (primary N) is 1. The number of rotatable bonds is 4. The molecule has 0 radical (unpaired) electrons. The minimum atomic E-state index is -0.219. The molecule has 6 nitrogen and oxygen atoms in total. The van der Waals surface area contributed by atoms with E-state index >= 15 is 0 Å². The number of carbonyl (C=O) groups excluding carboxylic acids is 2. The smallest absolute Gasteiger partial charge is 0.230 e. The number of carbonyl (C=O) groups is 2. The molecule has 2 unspecified atom stereocenters. The Labute approximate surface area is 159 Å². The molecule has 1 aromatic rings. The van der Waals surface area contributed by atoms with Crippen molar-refractivity contribution in [2.45, 2.75) is 32.2 Å². The molecule has 2 rings (SSSR count). The van der Waals surface area contributed by atoms with E-state index in [0.717, 1.165) is 12.8 Å². The van der Waals surface area contributed by atoms with E-state index in [1.54, 1.807) is 24.0 Å². The first-order valence-corrected chi connectivity index (χ1v) is 7.79. The number of nitrogens with zero attached hydrogens (tertiary/aromatic N) is 2. The molecule has 2 amide bonds. The van der Waals surface area contributed by atoms with Gasteiger partial charge in [-0.3, -0.25) is 9.59 Å². The number of anilines is 1. The van der Waals surface area contributed by atoms with Gasteiger partial charge < -0.3 is 16.0 Å². The van der Waals surface area contributed by atoms with E-state index in [9.17, 15) is 9.59 Å². The molecule has 3 N–H and O–H groups in total. The summed E-state index contributed by atoms with van der Waals surface area (Å²) in [6, 6.07) is 3.16. The predicted molar refractivity (Wildman–Crippen MR) is 99.9 cm³/mol. The molecule has 1 aliphatic rings. The molecule has 0 bridgehead atoms. The van der Waals surface area contributed by atoms with Crippen LogP contribution in [0.1, 0.15) is 26.2 Å². The lowest BCUT2D eigenvalue weighted by Crippen LogP contribution is -2.45. The summed E-state index contributed by atoms with van der Waals surface area (Å²) in [7, 11) is 0. The van der Waals surface area contributed by atoms with E-state index in [4.69, 9.17) is 17.3 Å². The van der Waals surface area contributed by atoms with Gasteiger partial charge >= 0.3 is 0 Å². The first-order valence-electron chi connectivity index (χ1n) is 7.41. The Bertz CT molecular complexity index is 540. The zero-order valence-corrected chi connectivity index (χ0v) is 15.8. The largest absolute Gasteiger partial charge is 0.342 e. The monoisotopic (exact) mass is 396 g/mol. The number of likely N-dealkylation sites (tertiary alicyclic amines) is 1. The predicted octanol–water partition coefficient (Wildman–Crippen LogP) is 2.49. The maximum atomic E-state index is 12.3. The molecule has 1 aliphatic heterocycles. The van der Waals surface area contributed by atoms with Crippen LogP contribution in [0.4, 0.5) is 5.82 Å². The summed E-state index contributed by atoms with van der Waals surface area (Å²) in [6.45, 7) is 2.93. The van der Waals surface area contributed by atoms with Crippen molar-refractivity contribution in [1.29, 1.82) is 0 Å². The first kappa shape index (κ1) is 22.9. The molecular formula is C15H23Cl3N4O2. The Hall–Kier alpha value is -1.08. The maximum Gasteiger partial charge on any atom is 0.230 e. The normalized spacial score (nSPS) is 18.0. The van der Waals surface area contributed by atoms with Gasteiger partial charge in [-0.1, -0.05) is 11.6 Å². The van der Waals surface area contributed by atoms with E-state index in [1.807, 2.05) is 0 Å². The van der Waals surface area contributed by atoms with Crippen LogP contribution >= 0.6 is 36.4 Å². The highest BCUT2D eigenvalue weighted by Gasteiger charge is 2.28. The van der Waals surface area contributed by atoms with Crippen molar-refractivity contribution in [2.75, 3.05) is 18.4 Å². The summed E-state index contributed by atoms with van der Waals surface area (Å²) >= 11 is 5.76. The highest BCUT2D eigenvalue weighted by Crippen LogP contribution is 2.19. The summed E-state index contributed by atoms with van der Waals surface area (Å²) in [6.07, 6.45) is 3.38. The summed E-state index contributed by atoms with van der Waals surface area (Å²) < 4.78 is 0. The second-order valence-corrected chi connectivity index (χ2v) is 6.15. The lowest BCUT2D eigenvalue weighted by atomic mass is 9.96. The second-order valence-electron chi connectivity index (χ2n) is 5.71. The van der Waals surface area contributed by atoms with E-state index in [1.165, 1.54) is 6.20 Å². The quantitative estimate of drug-likeness (QED) is 0.817. The number of amides is 2. The van der Waals surface area contributed by atoms with Gasteiger partial charge in [-0.15, -0.1) is 24.8 Å². The minimum absolute atomic E-state index is 0. The molecule has 0 spiro atoms. The molecular weight excluding hydrogens is 375 g/mol. The second kappa shape index (κ2) is 10.7. The number of hydrogen-bond acceptors (Lipinski definition) is 4. The molecule has 1 saturated heterocycles. The Kier molecular flexibility index (Phi) is 10.2. The van der Waals surface area contributed by atoms with E-state index in [0.29, 0.717) is 30.4 Å². The molecule has 24 heavy (non-hydrogen) atoms. The highest BCUT2D eigenvalue weighted by atomic mass is 35.5. The van der Waals surface area contributed by atoms with Crippen molar-refractivity contribution in [3.8, 4) is 0 Å². The fourth-order valence-electron chi connectivity index (χ4n) is 2.50. The minimum Gasteiger partial charge on any atom is -0.342 e. The third-order valence-corrected chi connectivity index (χ3v) is 3.84. The Morgan fingerprint density at radius 2 is 2.17 bits per heavy atom. The third kappa shape index (κ3) is 6.81. The van der Waals surface area contributed by atoms with Gasteiger partial charge in [-0.2, -0.15) is 0 Å². The molecule has 0 aromatic carbocycles. The van der Waals surface area contributed by atoms with Crippen LogP contribution in [0.3, 0.4) is 0 Å². The fourth-order valence-corrected chi connectivity index (χ4v) is 2.61. The van der Waals surface area contributed by atoms with Crippen molar-refractivity contribution in [3.63, 3.8) is 0 Å². The van der Waals surface area contributed by atoms with Gasteiger partial charge in [0, 0.05) is 31.7 Å². The number of nitrogens with one attached hydrogen (secondary N) is 1. The summed E-state index contributed by atoms with van der Waals surface area (Å²) in [5, 5.41) is 3.28. The average Bonchev–Trinajstić information content (AvgIpc) is 2.49. The van der Waals surface area contributed by atoms with Crippen molar-refractivity contribution < 1.29 is 9.59 Å². The van der Waals surface area contributed by atoms with Crippen molar-refractivity contribution in [2.24, 2.45) is 11.7 Å². The number of aromatic nitrogens is 1. The molecule has 1 fully saturated rings. The van der Waals surface area contributed by atoms with Crippen LogP contribution in [0.25, 0.3) is 0 Å². The standard InChI is InChI=1S/C15H21ClN4O2.2ClH/c1-10(17)7-14(21)20-6-2-3-11(9-20)15(22)19-13-5-4-12(16)8-18-13;;/h4-5,8,10-11H,2-3,6-7,9,17H2,1H3,(H,18,19,22);2*1H. The van der Waals surface area contributed by atoms with Gasteiger partial charge in [0.25, 0.3) is 0 Å². The molecule has 2 atom stereocenters. The van der Waals surface area contributed by atoms with Gasteiger partial charge in [0.05, 0.1) is 10.9 Å². The lowest BCUT2D eigenvalue weighted by Gasteiger charge is -2.32. The number of pyridine rings is 1. The number of halogens is 3. The summed E-state index contributed by atoms with van der Waals surface area (Å²) in [4.78, 5) is 30.1. The van der Waals surface area contributed by atoms with Crippen LogP contribution in [0.2, 0.25) is 5.02 Å². The molecule has 0 aliphatic carbocycles. The zero-order chi connectivity index (χ0) is 16.1. The molecule has 0 saturated carbocycles. The van der Waals surface area contributed by atoms with Gasteiger partial charge in [0.2, 0.25) is 11.8 Å².